The second kappa shape index (κ2) is 8.39. The first-order chi connectivity index (χ1) is 12.3. The van der Waals surface area contributed by atoms with Crippen LogP contribution in [0.4, 0.5) is 5.82 Å². The number of carbonyl (C=O) groups is 1. The third-order valence-corrected chi connectivity index (χ3v) is 4.24. The minimum absolute atomic E-state index is 0.203. The Balaban J connectivity index is 1.57. The van der Waals surface area contributed by atoms with Gasteiger partial charge in [0.1, 0.15) is 17.8 Å². The van der Waals surface area contributed by atoms with Gasteiger partial charge < -0.3 is 10.2 Å². The number of anilines is 1. The van der Waals surface area contributed by atoms with Crippen molar-refractivity contribution in [3.05, 3.63) is 66.6 Å². The Kier molecular flexibility index (Phi) is 5.74. The molecule has 1 saturated heterocycles. The molecule has 1 aromatic carbocycles. The van der Waals surface area contributed by atoms with Gasteiger partial charge in [-0.2, -0.15) is 0 Å². The third-order valence-electron chi connectivity index (χ3n) is 4.24. The van der Waals surface area contributed by atoms with Crippen LogP contribution >= 0.6 is 0 Å². The standard InChI is InChI=1S/C19H23N5O/c1-2-8-20-19(25)17-13-18(22-15-21-17)24-11-9-23(10-12-24)14-16-6-4-3-5-7-16/h2-7,13,15H,1,8-12,14H2,(H,20,25). The van der Waals surface area contributed by atoms with Crippen LogP contribution < -0.4 is 10.2 Å². The zero-order chi connectivity index (χ0) is 17.5. The lowest BCUT2D eigenvalue weighted by molar-refractivity contribution is 0.0953. The number of piperazine rings is 1. The van der Waals surface area contributed by atoms with Gasteiger partial charge in [0.25, 0.3) is 5.91 Å². The fourth-order valence-corrected chi connectivity index (χ4v) is 2.88. The van der Waals surface area contributed by atoms with Gasteiger partial charge in [0.05, 0.1) is 0 Å². The Labute approximate surface area is 148 Å². The average molecular weight is 337 g/mol. The molecule has 0 bridgehead atoms. The molecular formula is C19H23N5O. The number of nitrogens with one attached hydrogen (secondary N) is 1. The summed E-state index contributed by atoms with van der Waals surface area (Å²) in [6, 6.07) is 12.3. The second-order valence-corrected chi connectivity index (χ2v) is 6.01. The first kappa shape index (κ1) is 17.1. The molecule has 0 atom stereocenters. The highest BCUT2D eigenvalue weighted by Gasteiger charge is 2.19. The van der Waals surface area contributed by atoms with Crippen molar-refractivity contribution in [1.82, 2.24) is 20.2 Å². The average Bonchev–Trinajstić information content (AvgIpc) is 2.67. The number of benzene rings is 1. The van der Waals surface area contributed by atoms with Crippen molar-refractivity contribution in [3.63, 3.8) is 0 Å². The summed E-state index contributed by atoms with van der Waals surface area (Å²) in [5.74, 6) is 0.601. The van der Waals surface area contributed by atoms with Crippen LogP contribution in [-0.4, -0.2) is 53.5 Å². The number of rotatable bonds is 6. The lowest BCUT2D eigenvalue weighted by Gasteiger charge is -2.35. The Morgan fingerprint density at radius 2 is 1.92 bits per heavy atom. The molecule has 0 saturated carbocycles. The van der Waals surface area contributed by atoms with Gasteiger partial charge in [0.2, 0.25) is 0 Å². The van der Waals surface area contributed by atoms with Gasteiger partial charge in [0.15, 0.2) is 0 Å². The Morgan fingerprint density at radius 3 is 2.64 bits per heavy atom. The van der Waals surface area contributed by atoms with Crippen molar-refractivity contribution >= 4 is 11.7 Å². The molecule has 1 aliphatic heterocycles. The number of nitrogens with zero attached hydrogens (tertiary/aromatic N) is 4. The highest BCUT2D eigenvalue weighted by molar-refractivity contribution is 5.92. The first-order valence-electron chi connectivity index (χ1n) is 8.48. The van der Waals surface area contributed by atoms with E-state index in [2.05, 4.69) is 55.9 Å². The van der Waals surface area contributed by atoms with Crippen LogP contribution in [0.15, 0.2) is 55.4 Å². The predicted octanol–water partition coefficient (Wildman–Crippen LogP) is 1.71. The molecule has 25 heavy (non-hydrogen) atoms. The molecule has 1 aliphatic rings. The molecule has 0 unspecified atom stereocenters. The van der Waals surface area contributed by atoms with Crippen LogP contribution in [0.25, 0.3) is 0 Å². The Hall–Kier alpha value is -2.73. The minimum atomic E-state index is -0.203. The fraction of sp³-hybridized carbons (Fsp3) is 0.316. The SMILES string of the molecule is C=CCNC(=O)c1cc(N2CCN(Cc3ccccc3)CC2)ncn1. The summed E-state index contributed by atoms with van der Waals surface area (Å²) in [5, 5.41) is 2.74. The quantitative estimate of drug-likeness (QED) is 0.813. The van der Waals surface area contributed by atoms with Crippen molar-refractivity contribution in [2.24, 2.45) is 0 Å². The molecule has 6 heteroatoms. The summed E-state index contributed by atoms with van der Waals surface area (Å²) in [5.41, 5.74) is 1.72. The van der Waals surface area contributed by atoms with Crippen LogP contribution in [0, 0.1) is 0 Å². The molecule has 6 nitrogen and oxygen atoms in total. The lowest BCUT2D eigenvalue weighted by Crippen LogP contribution is -2.46. The van der Waals surface area contributed by atoms with E-state index in [1.54, 1.807) is 12.1 Å². The molecule has 0 spiro atoms. The van der Waals surface area contributed by atoms with Gasteiger partial charge in [-0.15, -0.1) is 6.58 Å². The monoisotopic (exact) mass is 337 g/mol. The van der Waals surface area contributed by atoms with Crippen LogP contribution in [0.5, 0.6) is 0 Å². The number of amides is 1. The van der Waals surface area contributed by atoms with Gasteiger partial charge in [-0.25, -0.2) is 9.97 Å². The Morgan fingerprint density at radius 1 is 1.16 bits per heavy atom. The van der Waals surface area contributed by atoms with E-state index in [9.17, 15) is 4.79 Å². The second-order valence-electron chi connectivity index (χ2n) is 6.01. The normalized spacial score (nSPS) is 15.0. The molecule has 1 fully saturated rings. The van der Waals surface area contributed by atoms with Gasteiger partial charge >= 0.3 is 0 Å². The Bertz CT molecular complexity index is 711. The van der Waals surface area contributed by atoms with Crippen molar-refractivity contribution in [2.45, 2.75) is 6.54 Å². The smallest absolute Gasteiger partial charge is 0.270 e. The maximum Gasteiger partial charge on any atom is 0.270 e. The van der Waals surface area contributed by atoms with E-state index in [0.717, 1.165) is 38.5 Å². The summed E-state index contributed by atoms with van der Waals surface area (Å²) < 4.78 is 0. The van der Waals surface area contributed by atoms with Gasteiger partial charge in [-0.05, 0) is 5.56 Å². The van der Waals surface area contributed by atoms with Crippen molar-refractivity contribution in [2.75, 3.05) is 37.6 Å². The van der Waals surface area contributed by atoms with E-state index in [1.165, 1.54) is 11.9 Å². The number of hydrogen-bond donors (Lipinski definition) is 1. The minimum Gasteiger partial charge on any atom is -0.354 e. The summed E-state index contributed by atoms with van der Waals surface area (Å²) in [7, 11) is 0. The summed E-state index contributed by atoms with van der Waals surface area (Å²) >= 11 is 0. The van der Waals surface area contributed by atoms with Crippen molar-refractivity contribution in [1.29, 1.82) is 0 Å². The molecule has 130 valence electrons. The summed E-state index contributed by atoms with van der Waals surface area (Å²) in [6.45, 7) is 8.70. The molecule has 2 aromatic rings. The highest BCUT2D eigenvalue weighted by Crippen LogP contribution is 2.15. The molecule has 1 aromatic heterocycles. The molecule has 0 aliphatic carbocycles. The predicted molar refractivity (Wildman–Crippen MR) is 98.5 cm³/mol. The maximum absolute atomic E-state index is 12.0. The third kappa shape index (κ3) is 4.64. The number of hydrogen-bond acceptors (Lipinski definition) is 5. The largest absolute Gasteiger partial charge is 0.354 e. The maximum atomic E-state index is 12.0. The van der Waals surface area contributed by atoms with Crippen LogP contribution in [-0.2, 0) is 6.54 Å². The molecular weight excluding hydrogens is 314 g/mol. The van der Waals surface area contributed by atoms with E-state index in [1.807, 2.05) is 6.07 Å². The van der Waals surface area contributed by atoms with Gasteiger partial charge in [0, 0.05) is 45.3 Å². The van der Waals surface area contributed by atoms with Gasteiger partial charge in [-0.1, -0.05) is 36.4 Å². The zero-order valence-corrected chi connectivity index (χ0v) is 14.3. The lowest BCUT2D eigenvalue weighted by atomic mass is 10.2. The zero-order valence-electron chi connectivity index (χ0n) is 14.3. The van der Waals surface area contributed by atoms with Crippen molar-refractivity contribution in [3.8, 4) is 0 Å². The fourth-order valence-electron chi connectivity index (χ4n) is 2.88. The molecule has 1 N–H and O–H groups in total. The first-order valence-corrected chi connectivity index (χ1v) is 8.48. The highest BCUT2D eigenvalue weighted by atomic mass is 16.1. The van der Waals surface area contributed by atoms with Gasteiger partial charge in [-0.3, -0.25) is 9.69 Å². The summed E-state index contributed by atoms with van der Waals surface area (Å²) in [4.78, 5) is 25.0. The van der Waals surface area contributed by atoms with Crippen LogP contribution in [0.3, 0.4) is 0 Å². The van der Waals surface area contributed by atoms with Crippen LogP contribution in [0.2, 0.25) is 0 Å². The molecule has 1 amide bonds. The molecule has 2 heterocycles. The van der Waals surface area contributed by atoms with E-state index in [4.69, 9.17) is 0 Å². The summed E-state index contributed by atoms with van der Waals surface area (Å²) in [6.07, 6.45) is 3.10. The molecule has 3 rings (SSSR count). The van der Waals surface area contributed by atoms with Crippen molar-refractivity contribution < 1.29 is 4.79 Å². The van der Waals surface area contributed by atoms with E-state index < -0.39 is 0 Å². The van der Waals surface area contributed by atoms with E-state index in [-0.39, 0.29) is 5.91 Å². The topological polar surface area (TPSA) is 61.4 Å². The molecule has 0 radical (unpaired) electrons. The van der Waals surface area contributed by atoms with Crippen LogP contribution in [0.1, 0.15) is 16.1 Å². The van der Waals surface area contributed by atoms with E-state index >= 15 is 0 Å². The number of carbonyl (C=O) groups excluding carboxylic acids is 1. The van der Waals surface area contributed by atoms with E-state index in [0.29, 0.717) is 12.2 Å². The number of aromatic nitrogens is 2.